The fourth-order valence-corrected chi connectivity index (χ4v) is 4.69. The van der Waals surface area contributed by atoms with Gasteiger partial charge in [0.1, 0.15) is 11.6 Å². The van der Waals surface area contributed by atoms with Gasteiger partial charge in [0.2, 0.25) is 10.0 Å². The summed E-state index contributed by atoms with van der Waals surface area (Å²) in [5.74, 6) is 0.102. The van der Waals surface area contributed by atoms with E-state index in [1.165, 1.54) is 15.1 Å². The van der Waals surface area contributed by atoms with Gasteiger partial charge in [0, 0.05) is 24.6 Å². The summed E-state index contributed by atoms with van der Waals surface area (Å²) in [5.41, 5.74) is 0.390. The predicted molar refractivity (Wildman–Crippen MR) is 104 cm³/mol. The van der Waals surface area contributed by atoms with Gasteiger partial charge in [-0.1, -0.05) is 23.4 Å². The second kappa shape index (κ2) is 7.64. The zero-order valence-corrected chi connectivity index (χ0v) is 16.7. The molecule has 0 amide bonds. The Morgan fingerprint density at radius 2 is 1.97 bits per heavy atom. The number of halogens is 1. The van der Waals surface area contributed by atoms with Crippen LogP contribution >= 0.6 is 0 Å². The molecule has 1 aliphatic rings. The molecule has 0 radical (unpaired) electrons. The quantitative estimate of drug-likeness (QED) is 0.664. The number of hydrogen-bond donors (Lipinski definition) is 1. The number of sulfonamides is 1. The Hall–Kier alpha value is -2.66. The Kier molecular flexibility index (Phi) is 5.17. The van der Waals surface area contributed by atoms with Crippen molar-refractivity contribution in [2.45, 2.75) is 32.2 Å². The normalized spacial score (nSPS) is 16.5. The third kappa shape index (κ3) is 3.79. The topological polar surface area (TPSA) is 114 Å². The largest absolute Gasteiger partial charge is 0.308 e. The third-order valence-electron chi connectivity index (χ3n) is 5.27. The summed E-state index contributed by atoms with van der Waals surface area (Å²) in [5, 5.41) is 7.85. The fraction of sp³-hybridized carbons (Fsp3) is 0.444. The first-order chi connectivity index (χ1) is 13.9. The van der Waals surface area contributed by atoms with Gasteiger partial charge in [-0.15, -0.1) is 5.10 Å². The summed E-state index contributed by atoms with van der Waals surface area (Å²) >= 11 is 0. The Balaban J connectivity index is 1.62. The Labute approximate surface area is 166 Å². The lowest BCUT2D eigenvalue weighted by Gasteiger charge is -2.30. The van der Waals surface area contributed by atoms with E-state index in [1.54, 1.807) is 25.1 Å². The molecule has 0 saturated carbocycles. The first-order valence-corrected chi connectivity index (χ1v) is 11.0. The fourth-order valence-electron chi connectivity index (χ4n) is 3.56. The van der Waals surface area contributed by atoms with E-state index in [4.69, 9.17) is 0 Å². The average molecular weight is 420 g/mol. The van der Waals surface area contributed by atoms with E-state index >= 15 is 0 Å². The number of rotatable bonds is 5. The molecule has 9 nitrogen and oxygen atoms in total. The summed E-state index contributed by atoms with van der Waals surface area (Å²) in [6.07, 6.45) is 1.12. The van der Waals surface area contributed by atoms with Crippen LogP contribution in [0.25, 0.3) is 11.2 Å². The van der Waals surface area contributed by atoms with Crippen molar-refractivity contribution in [3.05, 3.63) is 51.8 Å². The van der Waals surface area contributed by atoms with Gasteiger partial charge in [-0.05, 0) is 25.8 Å². The van der Waals surface area contributed by atoms with Crippen LogP contribution in [0.3, 0.4) is 0 Å². The van der Waals surface area contributed by atoms with E-state index < -0.39 is 15.6 Å². The smallest absolute Gasteiger partial charge is 0.281 e. The lowest BCUT2D eigenvalue weighted by molar-refractivity contribution is 0.314. The molecule has 0 atom stereocenters. The molecule has 0 bridgehead atoms. The molecule has 4 rings (SSSR count). The van der Waals surface area contributed by atoms with Crippen molar-refractivity contribution >= 4 is 21.2 Å². The van der Waals surface area contributed by atoms with E-state index in [0.717, 1.165) is 0 Å². The van der Waals surface area contributed by atoms with Gasteiger partial charge < -0.3 is 4.98 Å². The van der Waals surface area contributed by atoms with Crippen molar-refractivity contribution in [2.24, 2.45) is 0 Å². The predicted octanol–water partition coefficient (Wildman–Crippen LogP) is 1.23. The molecule has 1 saturated heterocycles. The van der Waals surface area contributed by atoms with Crippen LogP contribution in [0.2, 0.25) is 0 Å². The zero-order valence-electron chi connectivity index (χ0n) is 15.9. The van der Waals surface area contributed by atoms with Gasteiger partial charge >= 0.3 is 0 Å². The molecule has 0 unspecified atom stereocenters. The van der Waals surface area contributed by atoms with Crippen LogP contribution in [0.4, 0.5) is 4.39 Å². The van der Waals surface area contributed by atoms with Gasteiger partial charge in [0.05, 0.1) is 12.3 Å². The van der Waals surface area contributed by atoms with Crippen LogP contribution < -0.4 is 5.56 Å². The molecule has 1 fully saturated rings. The minimum Gasteiger partial charge on any atom is -0.308 e. The summed E-state index contributed by atoms with van der Waals surface area (Å²) < 4.78 is 41.0. The highest BCUT2D eigenvalue weighted by atomic mass is 32.2. The van der Waals surface area contributed by atoms with Gasteiger partial charge in [-0.3, -0.25) is 4.79 Å². The van der Waals surface area contributed by atoms with E-state index in [-0.39, 0.29) is 35.2 Å². The monoisotopic (exact) mass is 420 g/mol. The van der Waals surface area contributed by atoms with Crippen LogP contribution in [0.5, 0.6) is 0 Å². The Morgan fingerprint density at radius 3 is 2.66 bits per heavy atom. The Morgan fingerprint density at radius 1 is 1.24 bits per heavy atom. The van der Waals surface area contributed by atoms with Crippen molar-refractivity contribution in [2.75, 3.05) is 18.8 Å². The molecular formula is C18H21FN6O3S. The van der Waals surface area contributed by atoms with Crippen LogP contribution in [-0.2, 0) is 16.6 Å². The number of aromatic amines is 1. The molecule has 1 aliphatic heterocycles. The number of nitrogens with zero attached hydrogens (tertiary/aromatic N) is 5. The van der Waals surface area contributed by atoms with Crippen molar-refractivity contribution in [3.63, 3.8) is 0 Å². The molecule has 1 N–H and O–H groups in total. The number of hydrogen-bond acceptors (Lipinski definition) is 6. The van der Waals surface area contributed by atoms with E-state index in [1.807, 2.05) is 0 Å². The Bertz CT molecular complexity index is 1200. The summed E-state index contributed by atoms with van der Waals surface area (Å²) in [6, 6.07) is 6.32. The van der Waals surface area contributed by atoms with Crippen LogP contribution in [0.1, 0.15) is 37.1 Å². The van der Waals surface area contributed by atoms with E-state index in [9.17, 15) is 17.6 Å². The molecule has 3 heterocycles. The van der Waals surface area contributed by atoms with Gasteiger partial charge in [-0.25, -0.2) is 26.8 Å². The number of fused-ring (bicyclic) bond motifs is 1. The van der Waals surface area contributed by atoms with Gasteiger partial charge in [0.25, 0.3) is 5.56 Å². The highest BCUT2D eigenvalue weighted by Crippen LogP contribution is 2.27. The van der Waals surface area contributed by atoms with Crippen molar-refractivity contribution in [3.8, 4) is 0 Å². The van der Waals surface area contributed by atoms with Gasteiger partial charge in [-0.2, -0.15) is 0 Å². The maximum Gasteiger partial charge on any atom is 0.281 e. The minimum atomic E-state index is -3.22. The van der Waals surface area contributed by atoms with Crippen LogP contribution in [0.15, 0.2) is 29.1 Å². The summed E-state index contributed by atoms with van der Waals surface area (Å²) in [7, 11) is -3.22. The second-order valence-electron chi connectivity index (χ2n) is 7.04. The maximum absolute atomic E-state index is 14.0. The molecule has 2 aromatic heterocycles. The molecular weight excluding hydrogens is 399 g/mol. The summed E-state index contributed by atoms with van der Waals surface area (Å²) in [6.45, 7) is 2.50. The first-order valence-electron chi connectivity index (χ1n) is 9.43. The molecule has 0 spiro atoms. The summed E-state index contributed by atoms with van der Waals surface area (Å²) in [4.78, 5) is 19.7. The lowest BCUT2D eigenvalue weighted by Crippen LogP contribution is -2.39. The van der Waals surface area contributed by atoms with Crippen LogP contribution in [0, 0.1) is 5.82 Å². The van der Waals surface area contributed by atoms with E-state index in [2.05, 4.69) is 20.3 Å². The number of piperidine rings is 1. The standard InChI is InChI=1S/C18H21FN6O3S/c1-2-29(27,28)24-9-7-12(8-10-24)16-20-17-15(18(26)21-16)22-23-25(17)11-13-5-3-4-6-14(13)19/h3-6,12H,2,7-11H2,1H3,(H,20,21,26). The minimum absolute atomic E-state index is 0.0691. The van der Waals surface area contributed by atoms with E-state index in [0.29, 0.717) is 37.3 Å². The van der Waals surface area contributed by atoms with Crippen LogP contribution in [-0.4, -0.2) is 56.5 Å². The number of benzene rings is 1. The molecule has 154 valence electrons. The van der Waals surface area contributed by atoms with Crippen molar-refractivity contribution < 1.29 is 12.8 Å². The number of H-pyrrole nitrogens is 1. The average Bonchev–Trinajstić information content (AvgIpc) is 3.13. The van der Waals surface area contributed by atoms with Crippen molar-refractivity contribution in [1.29, 1.82) is 0 Å². The zero-order chi connectivity index (χ0) is 20.6. The lowest BCUT2D eigenvalue weighted by atomic mass is 9.97. The highest BCUT2D eigenvalue weighted by Gasteiger charge is 2.29. The molecule has 11 heteroatoms. The molecule has 29 heavy (non-hydrogen) atoms. The molecule has 1 aromatic carbocycles. The molecule has 0 aliphatic carbocycles. The van der Waals surface area contributed by atoms with Gasteiger partial charge in [0.15, 0.2) is 11.2 Å². The maximum atomic E-state index is 14.0. The highest BCUT2D eigenvalue weighted by molar-refractivity contribution is 7.89. The third-order valence-corrected chi connectivity index (χ3v) is 7.15. The molecule has 3 aromatic rings. The SMILES string of the molecule is CCS(=O)(=O)N1CCC(c2nc3c(nnn3Cc3ccccc3F)c(=O)[nH]2)CC1. The second-order valence-corrected chi connectivity index (χ2v) is 9.29. The number of aromatic nitrogens is 5. The van der Waals surface area contributed by atoms with Crippen molar-refractivity contribution in [1.82, 2.24) is 29.3 Å². The first kappa shape index (κ1) is 19.6. The number of nitrogens with one attached hydrogen (secondary N) is 1.